The van der Waals surface area contributed by atoms with Crippen LogP contribution in [0.2, 0.25) is 0 Å². The van der Waals surface area contributed by atoms with Gasteiger partial charge in [0.25, 0.3) is 0 Å². The molecule has 0 fully saturated rings. The van der Waals surface area contributed by atoms with Crippen molar-refractivity contribution in [3.05, 3.63) is 56.5 Å². The number of hydrogen-bond donors (Lipinski definition) is 2. The summed E-state index contributed by atoms with van der Waals surface area (Å²) in [5.74, 6) is 0. The second kappa shape index (κ2) is 6.03. The molecule has 2 rings (SSSR count). The number of rotatable bonds is 3. The summed E-state index contributed by atoms with van der Waals surface area (Å²) in [6.07, 6.45) is 0. The van der Waals surface area contributed by atoms with Crippen LogP contribution in [0.5, 0.6) is 0 Å². The van der Waals surface area contributed by atoms with Gasteiger partial charge < -0.3 is 11.1 Å². The van der Waals surface area contributed by atoms with Crippen molar-refractivity contribution in [1.29, 1.82) is 0 Å². The summed E-state index contributed by atoms with van der Waals surface area (Å²) in [4.78, 5) is 0.364. The molecule has 2 aromatic rings. The Labute approximate surface area is 134 Å². The Morgan fingerprint density at radius 3 is 2.58 bits per heavy atom. The number of aryl methyl sites for hydroxylation is 1. The third-order valence-electron chi connectivity index (χ3n) is 2.73. The number of anilines is 2. The molecule has 0 aliphatic carbocycles. The average Bonchev–Trinajstić information content (AvgIpc) is 2.33. The quantitative estimate of drug-likeness (QED) is 0.721. The summed E-state index contributed by atoms with van der Waals surface area (Å²) in [6.45, 7) is 2.05. The molecule has 0 saturated carbocycles. The van der Waals surface area contributed by atoms with Gasteiger partial charge in [-0.2, -0.15) is 0 Å². The number of nitrogens with two attached hydrogens (primary N) is 1. The lowest BCUT2D eigenvalue weighted by atomic mass is 10.1. The fourth-order valence-corrected chi connectivity index (χ4v) is 3.04. The highest BCUT2D eigenvalue weighted by molar-refractivity contribution is 9.10. The van der Waals surface area contributed by atoms with Gasteiger partial charge in [0.05, 0.1) is 0 Å². The molecule has 0 heterocycles. The fourth-order valence-electron chi connectivity index (χ4n) is 1.75. The van der Waals surface area contributed by atoms with E-state index >= 15 is 0 Å². The molecule has 0 amide bonds. The van der Waals surface area contributed by atoms with Crippen LogP contribution in [0.3, 0.4) is 0 Å². The van der Waals surface area contributed by atoms with Gasteiger partial charge in [-0.1, -0.05) is 40.3 Å². The molecule has 0 aliphatic rings. The van der Waals surface area contributed by atoms with E-state index in [0.717, 1.165) is 31.4 Å². The summed E-state index contributed by atoms with van der Waals surface area (Å²) < 4.78 is 1.91. The van der Waals surface area contributed by atoms with Crippen molar-refractivity contribution in [2.24, 2.45) is 5.73 Å². The largest absolute Gasteiger partial charge is 0.389 e. The maximum Gasteiger partial charge on any atom is 0.107 e. The molecule has 0 atom stereocenters. The van der Waals surface area contributed by atoms with Crippen molar-refractivity contribution in [2.75, 3.05) is 5.32 Å². The van der Waals surface area contributed by atoms with Crippen LogP contribution in [0, 0.1) is 6.92 Å². The van der Waals surface area contributed by atoms with E-state index in [-0.39, 0.29) is 0 Å². The molecular weight excluding hydrogens is 388 g/mol. The van der Waals surface area contributed by atoms with Gasteiger partial charge in [0.15, 0.2) is 0 Å². The minimum Gasteiger partial charge on any atom is -0.389 e. The SMILES string of the molecule is Cc1ccc(Br)cc1Nc1cccc(Br)c1C(N)=S. The number of nitrogens with one attached hydrogen (secondary N) is 1. The maximum atomic E-state index is 5.79. The van der Waals surface area contributed by atoms with Crippen molar-refractivity contribution in [2.45, 2.75) is 6.92 Å². The third-order valence-corrected chi connectivity index (χ3v) is 4.09. The highest BCUT2D eigenvalue weighted by Crippen LogP contribution is 2.30. The highest BCUT2D eigenvalue weighted by atomic mass is 79.9. The number of halogens is 2. The zero-order valence-corrected chi connectivity index (χ0v) is 14.2. The fraction of sp³-hybridized carbons (Fsp3) is 0.0714. The first-order valence-corrected chi connectivity index (χ1v) is 7.60. The molecule has 2 aromatic carbocycles. The Kier molecular flexibility index (Phi) is 4.60. The smallest absolute Gasteiger partial charge is 0.107 e. The summed E-state index contributed by atoms with van der Waals surface area (Å²) in [5, 5.41) is 3.38. The lowest BCUT2D eigenvalue weighted by Crippen LogP contribution is -2.13. The van der Waals surface area contributed by atoms with Crippen molar-refractivity contribution in [3.8, 4) is 0 Å². The Morgan fingerprint density at radius 2 is 1.89 bits per heavy atom. The molecule has 0 bridgehead atoms. The van der Waals surface area contributed by atoms with Crippen molar-refractivity contribution >= 4 is 60.4 Å². The number of thiocarbonyl (C=S) groups is 1. The van der Waals surface area contributed by atoms with Gasteiger partial charge in [-0.15, -0.1) is 0 Å². The van der Waals surface area contributed by atoms with Crippen molar-refractivity contribution in [3.63, 3.8) is 0 Å². The molecule has 0 aromatic heterocycles. The van der Waals surface area contributed by atoms with E-state index in [9.17, 15) is 0 Å². The van der Waals surface area contributed by atoms with Gasteiger partial charge in [-0.25, -0.2) is 0 Å². The standard InChI is InChI=1S/C14H12Br2N2S/c1-8-5-6-9(15)7-12(8)18-11-4-2-3-10(16)13(11)14(17)19/h2-7,18H,1H3,(H2,17,19). The second-order valence-electron chi connectivity index (χ2n) is 4.11. The molecule has 0 unspecified atom stereocenters. The third kappa shape index (κ3) is 3.35. The van der Waals surface area contributed by atoms with Crippen LogP contribution < -0.4 is 11.1 Å². The van der Waals surface area contributed by atoms with Crippen molar-refractivity contribution < 1.29 is 0 Å². The predicted octanol–water partition coefficient (Wildman–Crippen LogP) is 4.90. The molecule has 0 aliphatic heterocycles. The van der Waals surface area contributed by atoms with E-state index in [2.05, 4.69) is 37.2 Å². The molecule has 19 heavy (non-hydrogen) atoms. The lowest BCUT2D eigenvalue weighted by molar-refractivity contribution is 1.41. The Bertz CT molecular complexity index is 641. The van der Waals surface area contributed by atoms with E-state index in [4.69, 9.17) is 18.0 Å². The van der Waals surface area contributed by atoms with E-state index in [1.807, 2.05) is 43.3 Å². The highest BCUT2D eigenvalue weighted by Gasteiger charge is 2.10. The van der Waals surface area contributed by atoms with Gasteiger partial charge in [0.2, 0.25) is 0 Å². The predicted molar refractivity (Wildman–Crippen MR) is 92.2 cm³/mol. The van der Waals surface area contributed by atoms with Gasteiger partial charge >= 0.3 is 0 Å². The van der Waals surface area contributed by atoms with Gasteiger partial charge in [0, 0.05) is 25.9 Å². The first-order valence-electron chi connectivity index (χ1n) is 5.60. The van der Waals surface area contributed by atoms with E-state index in [0.29, 0.717) is 4.99 Å². The van der Waals surface area contributed by atoms with Crippen LogP contribution in [0.4, 0.5) is 11.4 Å². The second-order valence-corrected chi connectivity index (χ2v) is 6.32. The molecule has 5 heteroatoms. The summed E-state index contributed by atoms with van der Waals surface area (Å²) in [7, 11) is 0. The molecule has 0 saturated heterocycles. The van der Waals surface area contributed by atoms with Crippen LogP contribution >= 0.6 is 44.1 Å². The van der Waals surface area contributed by atoms with Crippen LogP contribution in [-0.4, -0.2) is 4.99 Å². The summed E-state index contributed by atoms with van der Waals surface area (Å²) in [6, 6.07) is 11.9. The van der Waals surface area contributed by atoms with E-state index in [1.165, 1.54) is 0 Å². The van der Waals surface area contributed by atoms with Gasteiger partial charge in [-0.05, 0) is 52.7 Å². The zero-order valence-electron chi connectivity index (χ0n) is 10.2. The summed E-state index contributed by atoms with van der Waals surface area (Å²) >= 11 is 12.1. The first-order chi connectivity index (χ1) is 8.99. The van der Waals surface area contributed by atoms with Crippen LogP contribution in [0.15, 0.2) is 45.3 Å². The number of hydrogen-bond acceptors (Lipinski definition) is 2. The topological polar surface area (TPSA) is 38.0 Å². The minimum atomic E-state index is 0.364. The number of benzene rings is 2. The van der Waals surface area contributed by atoms with Crippen LogP contribution in [0.1, 0.15) is 11.1 Å². The molecule has 98 valence electrons. The van der Waals surface area contributed by atoms with E-state index < -0.39 is 0 Å². The molecule has 2 nitrogen and oxygen atoms in total. The molecule has 3 N–H and O–H groups in total. The minimum absolute atomic E-state index is 0.364. The van der Waals surface area contributed by atoms with E-state index in [1.54, 1.807) is 0 Å². The molecule has 0 radical (unpaired) electrons. The van der Waals surface area contributed by atoms with Crippen molar-refractivity contribution in [1.82, 2.24) is 0 Å². The zero-order chi connectivity index (χ0) is 14.0. The first kappa shape index (κ1) is 14.5. The van der Waals surface area contributed by atoms with Crippen LogP contribution in [-0.2, 0) is 0 Å². The monoisotopic (exact) mass is 398 g/mol. The maximum absolute atomic E-state index is 5.79. The summed E-state index contributed by atoms with van der Waals surface area (Å²) in [5.41, 5.74) is 9.67. The Morgan fingerprint density at radius 1 is 1.16 bits per heavy atom. The van der Waals surface area contributed by atoms with Gasteiger partial charge in [0.1, 0.15) is 4.99 Å². The lowest BCUT2D eigenvalue weighted by Gasteiger charge is -2.14. The Hall–Kier alpha value is -0.910. The van der Waals surface area contributed by atoms with Crippen LogP contribution in [0.25, 0.3) is 0 Å². The normalized spacial score (nSPS) is 10.3. The molecular formula is C14H12Br2N2S. The average molecular weight is 400 g/mol. The Balaban J connectivity index is 2.46. The van der Waals surface area contributed by atoms with Gasteiger partial charge in [-0.3, -0.25) is 0 Å². The molecule has 0 spiro atoms.